The molecular weight excluding hydrogens is 349 g/mol. The predicted octanol–water partition coefficient (Wildman–Crippen LogP) is 1.77. The molecule has 2 aliphatic heterocycles. The van der Waals surface area contributed by atoms with E-state index < -0.39 is 17.8 Å². The molecule has 0 aromatic heterocycles. The minimum Gasteiger partial charge on any atom is -0.369 e. The van der Waals surface area contributed by atoms with Gasteiger partial charge in [-0.05, 0) is 25.1 Å². The van der Waals surface area contributed by atoms with Crippen LogP contribution in [0.2, 0.25) is 0 Å². The van der Waals surface area contributed by atoms with Gasteiger partial charge in [0.25, 0.3) is 0 Å². The predicted molar refractivity (Wildman–Crippen MR) is 89.8 cm³/mol. The van der Waals surface area contributed by atoms with Gasteiger partial charge >= 0.3 is 12.2 Å². The number of carbonyl (C=O) groups excluding carboxylic acids is 2. The van der Waals surface area contributed by atoms with Crippen LogP contribution in [-0.2, 0) is 11.0 Å². The van der Waals surface area contributed by atoms with Crippen molar-refractivity contribution in [1.82, 2.24) is 15.1 Å². The Morgan fingerprint density at radius 1 is 1.15 bits per heavy atom. The van der Waals surface area contributed by atoms with E-state index in [-0.39, 0.29) is 11.9 Å². The third-order valence-corrected chi connectivity index (χ3v) is 4.88. The number of carbonyl (C=O) groups is 2. The van der Waals surface area contributed by atoms with Crippen molar-refractivity contribution >= 4 is 17.6 Å². The molecule has 2 fully saturated rings. The van der Waals surface area contributed by atoms with Gasteiger partial charge < -0.3 is 10.2 Å². The highest BCUT2D eigenvalue weighted by Gasteiger charge is 2.34. The number of hydrogen-bond donors (Lipinski definition) is 1. The van der Waals surface area contributed by atoms with Crippen molar-refractivity contribution < 1.29 is 22.8 Å². The fourth-order valence-corrected chi connectivity index (χ4v) is 3.31. The Morgan fingerprint density at radius 2 is 1.85 bits per heavy atom. The largest absolute Gasteiger partial charge is 0.416 e. The first-order valence-corrected chi connectivity index (χ1v) is 8.53. The Labute approximate surface area is 149 Å². The number of hydrogen-bond acceptors (Lipinski definition) is 4. The number of halogens is 3. The van der Waals surface area contributed by atoms with E-state index in [0.717, 1.165) is 12.1 Å². The quantitative estimate of drug-likeness (QED) is 0.881. The normalized spacial score (nSPS) is 20.2. The smallest absolute Gasteiger partial charge is 0.369 e. The van der Waals surface area contributed by atoms with Gasteiger partial charge in [0.2, 0.25) is 5.91 Å². The van der Waals surface area contributed by atoms with Gasteiger partial charge in [0.15, 0.2) is 0 Å². The lowest BCUT2D eigenvalue weighted by molar-refractivity contribution is -0.137. The van der Waals surface area contributed by atoms with Gasteiger partial charge in [-0.25, -0.2) is 4.79 Å². The van der Waals surface area contributed by atoms with E-state index in [1.807, 2.05) is 9.80 Å². The lowest BCUT2D eigenvalue weighted by Gasteiger charge is -2.39. The number of alkyl halides is 3. The summed E-state index contributed by atoms with van der Waals surface area (Å²) in [6.45, 7) is 4.70. The molecule has 0 radical (unpaired) electrons. The number of benzene rings is 1. The number of nitrogens with zero attached hydrogens (tertiary/aromatic N) is 3. The molecule has 26 heavy (non-hydrogen) atoms. The lowest BCUT2D eigenvalue weighted by atomic mass is 10.1. The topological polar surface area (TPSA) is 55.9 Å². The second-order valence-corrected chi connectivity index (χ2v) is 6.47. The van der Waals surface area contributed by atoms with Crippen LogP contribution >= 0.6 is 0 Å². The lowest BCUT2D eigenvalue weighted by Crippen LogP contribution is -2.55. The van der Waals surface area contributed by atoms with Gasteiger partial charge in [0, 0.05) is 45.0 Å². The van der Waals surface area contributed by atoms with E-state index in [1.165, 1.54) is 11.0 Å². The number of rotatable bonds is 3. The molecule has 2 saturated heterocycles. The summed E-state index contributed by atoms with van der Waals surface area (Å²) in [4.78, 5) is 29.1. The highest BCUT2D eigenvalue weighted by molar-refractivity contribution is 5.98. The van der Waals surface area contributed by atoms with Crippen LogP contribution < -0.4 is 10.2 Å². The maximum atomic E-state index is 12.9. The van der Waals surface area contributed by atoms with Crippen molar-refractivity contribution in [2.45, 2.75) is 19.1 Å². The Hall–Kier alpha value is -2.29. The summed E-state index contributed by atoms with van der Waals surface area (Å²) >= 11 is 0. The van der Waals surface area contributed by atoms with Crippen LogP contribution in [0.5, 0.6) is 0 Å². The van der Waals surface area contributed by atoms with Crippen LogP contribution in [0.25, 0.3) is 0 Å². The van der Waals surface area contributed by atoms with Crippen LogP contribution in [0.3, 0.4) is 0 Å². The number of piperazine rings is 1. The summed E-state index contributed by atoms with van der Waals surface area (Å²) in [6, 6.07) is 4.46. The zero-order valence-electron chi connectivity index (χ0n) is 14.4. The third kappa shape index (κ3) is 3.77. The Morgan fingerprint density at radius 3 is 2.42 bits per heavy atom. The summed E-state index contributed by atoms with van der Waals surface area (Å²) in [5.74, 6) is -0.243. The summed E-state index contributed by atoms with van der Waals surface area (Å²) in [6.07, 6.45) is -4.37. The number of imide groups is 1. The first-order chi connectivity index (χ1) is 12.3. The van der Waals surface area contributed by atoms with Crippen molar-refractivity contribution in [3.05, 3.63) is 29.8 Å². The van der Waals surface area contributed by atoms with Gasteiger partial charge in [-0.3, -0.25) is 14.6 Å². The Balaban J connectivity index is 1.60. The monoisotopic (exact) mass is 370 g/mol. The molecule has 0 spiro atoms. The molecule has 6 nitrogen and oxygen atoms in total. The van der Waals surface area contributed by atoms with Crippen LogP contribution in [0.15, 0.2) is 24.3 Å². The highest BCUT2D eigenvalue weighted by atomic mass is 19.4. The van der Waals surface area contributed by atoms with Crippen LogP contribution in [-0.4, -0.2) is 67.0 Å². The second kappa shape index (κ2) is 7.14. The molecule has 142 valence electrons. The van der Waals surface area contributed by atoms with E-state index in [1.54, 1.807) is 13.0 Å². The molecule has 1 aromatic carbocycles. The van der Waals surface area contributed by atoms with Crippen molar-refractivity contribution in [1.29, 1.82) is 0 Å². The summed E-state index contributed by atoms with van der Waals surface area (Å²) in [7, 11) is 0. The number of nitrogens with one attached hydrogen (secondary N) is 1. The van der Waals surface area contributed by atoms with Crippen molar-refractivity contribution in [2.75, 3.05) is 44.2 Å². The SMILES string of the molecule is C[C@@H](C(=O)N1CCNC1=O)N1CCN(c2cccc(C(F)(F)F)c2)CC1. The molecule has 2 heterocycles. The van der Waals surface area contributed by atoms with Gasteiger partial charge in [-0.15, -0.1) is 0 Å². The Bertz CT molecular complexity index is 687. The average molecular weight is 370 g/mol. The van der Waals surface area contributed by atoms with E-state index in [4.69, 9.17) is 0 Å². The highest BCUT2D eigenvalue weighted by Crippen LogP contribution is 2.32. The molecule has 0 aliphatic carbocycles. The minimum absolute atomic E-state index is 0.243. The van der Waals surface area contributed by atoms with Crippen LogP contribution in [0.1, 0.15) is 12.5 Å². The molecule has 0 saturated carbocycles. The fraction of sp³-hybridized carbons (Fsp3) is 0.529. The second-order valence-electron chi connectivity index (χ2n) is 6.47. The Kier molecular flexibility index (Phi) is 5.08. The van der Waals surface area contributed by atoms with Crippen molar-refractivity contribution in [2.24, 2.45) is 0 Å². The molecule has 9 heteroatoms. The number of amides is 3. The van der Waals surface area contributed by atoms with Crippen LogP contribution in [0.4, 0.5) is 23.7 Å². The third-order valence-electron chi connectivity index (χ3n) is 4.88. The van der Waals surface area contributed by atoms with Crippen molar-refractivity contribution in [3.63, 3.8) is 0 Å². The summed E-state index contributed by atoms with van der Waals surface area (Å²) in [5, 5.41) is 2.60. The first-order valence-electron chi connectivity index (χ1n) is 8.53. The zero-order chi connectivity index (χ0) is 18.9. The molecule has 1 N–H and O–H groups in total. The maximum absolute atomic E-state index is 12.9. The van der Waals surface area contributed by atoms with E-state index >= 15 is 0 Å². The van der Waals surface area contributed by atoms with Crippen LogP contribution in [0, 0.1) is 0 Å². The summed E-state index contributed by atoms with van der Waals surface area (Å²) in [5.41, 5.74) is -0.140. The molecule has 3 rings (SSSR count). The minimum atomic E-state index is -4.37. The standard InChI is InChI=1S/C17H21F3N4O2/c1-12(15(25)24-6-5-21-16(24)26)22-7-9-23(10-8-22)14-4-2-3-13(11-14)17(18,19)20/h2-4,11-12H,5-10H2,1H3,(H,21,26)/t12-/m0/s1. The average Bonchev–Trinajstić information content (AvgIpc) is 3.06. The zero-order valence-corrected chi connectivity index (χ0v) is 14.4. The molecule has 1 aromatic rings. The fourth-order valence-electron chi connectivity index (χ4n) is 3.31. The number of anilines is 1. The van der Waals surface area contributed by atoms with Gasteiger partial charge in [0.1, 0.15) is 0 Å². The van der Waals surface area contributed by atoms with E-state index in [9.17, 15) is 22.8 Å². The molecule has 0 bridgehead atoms. The van der Waals surface area contributed by atoms with Gasteiger partial charge in [0.05, 0.1) is 11.6 Å². The molecule has 1 atom stereocenters. The summed E-state index contributed by atoms with van der Waals surface area (Å²) < 4.78 is 38.6. The molecular formula is C17H21F3N4O2. The van der Waals surface area contributed by atoms with E-state index in [0.29, 0.717) is 45.0 Å². The molecule has 2 aliphatic rings. The van der Waals surface area contributed by atoms with E-state index in [2.05, 4.69) is 5.32 Å². The molecule has 3 amide bonds. The first kappa shape index (κ1) is 18.5. The van der Waals surface area contributed by atoms with Crippen molar-refractivity contribution in [3.8, 4) is 0 Å². The molecule has 0 unspecified atom stereocenters. The van der Waals surface area contributed by atoms with Gasteiger partial charge in [-0.1, -0.05) is 6.07 Å². The maximum Gasteiger partial charge on any atom is 0.416 e. The number of urea groups is 1. The van der Waals surface area contributed by atoms with Gasteiger partial charge in [-0.2, -0.15) is 13.2 Å².